The molecular formula is C16H25N3O2. The van der Waals surface area contributed by atoms with Gasteiger partial charge in [-0.1, -0.05) is 6.07 Å². The topological polar surface area (TPSA) is 54.9 Å². The van der Waals surface area contributed by atoms with E-state index < -0.39 is 0 Å². The summed E-state index contributed by atoms with van der Waals surface area (Å²) in [5.41, 5.74) is 1.09. The van der Waals surface area contributed by atoms with Crippen LogP contribution in [0.5, 0.6) is 11.5 Å². The number of hydrogen-bond donors (Lipinski definition) is 2. The van der Waals surface area contributed by atoms with Gasteiger partial charge in [-0.15, -0.1) is 0 Å². The molecule has 1 aromatic carbocycles. The fourth-order valence-electron chi connectivity index (χ4n) is 2.05. The smallest absolute Gasteiger partial charge is 0.191 e. The molecule has 5 heteroatoms. The van der Waals surface area contributed by atoms with Crippen LogP contribution in [0, 0.1) is 5.92 Å². The van der Waals surface area contributed by atoms with E-state index in [2.05, 4.69) is 22.5 Å². The third-order valence-corrected chi connectivity index (χ3v) is 3.47. The summed E-state index contributed by atoms with van der Waals surface area (Å²) in [5.74, 6) is 3.18. The lowest BCUT2D eigenvalue weighted by Gasteiger charge is -2.11. The zero-order valence-electron chi connectivity index (χ0n) is 13.1. The Morgan fingerprint density at radius 1 is 1.19 bits per heavy atom. The highest BCUT2D eigenvalue weighted by molar-refractivity contribution is 5.79. The summed E-state index contributed by atoms with van der Waals surface area (Å²) in [4.78, 5) is 4.61. The van der Waals surface area contributed by atoms with Crippen LogP contribution in [0.2, 0.25) is 0 Å². The maximum absolute atomic E-state index is 5.31. The van der Waals surface area contributed by atoms with Crippen LogP contribution >= 0.6 is 0 Å². The summed E-state index contributed by atoms with van der Waals surface area (Å²) in [6, 6.07) is 5.89. The molecule has 116 valence electrons. The predicted molar refractivity (Wildman–Crippen MR) is 85.1 cm³/mol. The number of ether oxygens (including phenoxy) is 2. The summed E-state index contributed by atoms with van der Waals surface area (Å²) in [7, 11) is 3.28. The Morgan fingerprint density at radius 3 is 2.57 bits per heavy atom. The molecule has 0 atom stereocenters. The molecule has 0 aliphatic heterocycles. The number of hydrogen-bond acceptors (Lipinski definition) is 3. The minimum atomic E-state index is 0.611. The Bertz CT molecular complexity index is 484. The van der Waals surface area contributed by atoms with Gasteiger partial charge in [-0.2, -0.15) is 0 Å². The monoisotopic (exact) mass is 291 g/mol. The lowest BCUT2D eigenvalue weighted by atomic mass is 10.2. The fourth-order valence-corrected chi connectivity index (χ4v) is 2.05. The van der Waals surface area contributed by atoms with Crippen LogP contribution in [-0.4, -0.2) is 33.3 Å². The van der Waals surface area contributed by atoms with Gasteiger partial charge in [0.1, 0.15) is 0 Å². The van der Waals surface area contributed by atoms with Crippen LogP contribution in [0.15, 0.2) is 23.2 Å². The standard InChI is InChI=1S/C16H25N3O2/c1-4-17-16(18-10-12-5-6-12)19-11-13-7-8-14(20-2)15(9-13)21-3/h7-9,12H,4-6,10-11H2,1-3H3,(H2,17,18,19). The third kappa shape index (κ3) is 4.85. The van der Waals surface area contributed by atoms with E-state index in [4.69, 9.17) is 9.47 Å². The molecule has 1 fully saturated rings. The molecule has 2 rings (SSSR count). The Balaban J connectivity index is 1.98. The van der Waals surface area contributed by atoms with Crippen LogP contribution < -0.4 is 20.1 Å². The first-order valence-electron chi connectivity index (χ1n) is 7.50. The largest absolute Gasteiger partial charge is 0.493 e. The Morgan fingerprint density at radius 2 is 1.95 bits per heavy atom. The number of rotatable bonds is 7. The molecule has 0 aromatic heterocycles. The molecule has 0 bridgehead atoms. The molecule has 1 saturated carbocycles. The maximum Gasteiger partial charge on any atom is 0.191 e. The minimum absolute atomic E-state index is 0.611. The Kier molecular flexibility index (Phi) is 5.72. The van der Waals surface area contributed by atoms with Gasteiger partial charge in [0.15, 0.2) is 17.5 Å². The van der Waals surface area contributed by atoms with E-state index in [1.165, 1.54) is 12.8 Å². The quantitative estimate of drug-likeness (QED) is 0.597. The van der Waals surface area contributed by atoms with Crippen LogP contribution in [0.3, 0.4) is 0 Å². The molecule has 1 aromatic rings. The van der Waals surface area contributed by atoms with E-state index in [1.54, 1.807) is 14.2 Å². The van der Waals surface area contributed by atoms with Crippen LogP contribution in [0.25, 0.3) is 0 Å². The second kappa shape index (κ2) is 7.76. The first-order chi connectivity index (χ1) is 10.3. The molecule has 2 N–H and O–H groups in total. The summed E-state index contributed by atoms with van der Waals surface area (Å²) in [6.45, 7) is 4.56. The van der Waals surface area contributed by atoms with Crippen molar-refractivity contribution in [3.05, 3.63) is 23.8 Å². The van der Waals surface area contributed by atoms with E-state index in [1.807, 2.05) is 18.2 Å². The maximum atomic E-state index is 5.31. The van der Waals surface area contributed by atoms with Crippen LogP contribution in [0.4, 0.5) is 0 Å². The van der Waals surface area contributed by atoms with Gasteiger partial charge in [0, 0.05) is 13.1 Å². The van der Waals surface area contributed by atoms with E-state index in [-0.39, 0.29) is 0 Å². The molecular weight excluding hydrogens is 266 g/mol. The van der Waals surface area contributed by atoms with Crippen molar-refractivity contribution < 1.29 is 9.47 Å². The van der Waals surface area contributed by atoms with Crippen molar-refractivity contribution in [3.63, 3.8) is 0 Å². The molecule has 0 radical (unpaired) electrons. The zero-order valence-corrected chi connectivity index (χ0v) is 13.1. The second-order valence-electron chi connectivity index (χ2n) is 5.21. The zero-order chi connectivity index (χ0) is 15.1. The Hall–Kier alpha value is -1.91. The second-order valence-corrected chi connectivity index (χ2v) is 5.21. The molecule has 5 nitrogen and oxygen atoms in total. The van der Waals surface area contributed by atoms with Gasteiger partial charge in [-0.25, -0.2) is 4.99 Å². The normalized spacial score (nSPS) is 14.7. The van der Waals surface area contributed by atoms with Crippen molar-refractivity contribution in [3.8, 4) is 11.5 Å². The van der Waals surface area contributed by atoms with Gasteiger partial charge >= 0.3 is 0 Å². The van der Waals surface area contributed by atoms with Gasteiger partial charge in [0.25, 0.3) is 0 Å². The highest BCUT2D eigenvalue weighted by Gasteiger charge is 2.21. The molecule has 0 unspecified atom stereocenters. The van der Waals surface area contributed by atoms with Crippen LogP contribution in [-0.2, 0) is 6.54 Å². The first-order valence-corrected chi connectivity index (χ1v) is 7.50. The molecule has 0 heterocycles. The third-order valence-electron chi connectivity index (χ3n) is 3.47. The Labute approximate surface area is 126 Å². The van der Waals surface area contributed by atoms with E-state index >= 15 is 0 Å². The summed E-state index contributed by atoms with van der Waals surface area (Å²) < 4.78 is 10.6. The molecule has 1 aliphatic carbocycles. The highest BCUT2D eigenvalue weighted by atomic mass is 16.5. The van der Waals surface area contributed by atoms with E-state index in [0.29, 0.717) is 6.54 Å². The first kappa shape index (κ1) is 15.5. The van der Waals surface area contributed by atoms with Crippen molar-refractivity contribution in [2.24, 2.45) is 10.9 Å². The number of guanidine groups is 1. The van der Waals surface area contributed by atoms with Gasteiger partial charge < -0.3 is 20.1 Å². The van der Waals surface area contributed by atoms with Crippen molar-refractivity contribution in [1.29, 1.82) is 0 Å². The number of benzene rings is 1. The van der Waals surface area contributed by atoms with Crippen molar-refractivity contribution in [2.45, 2.75) is 26.3 Å². The van der Waals surface area contributed by atoms with Crippen molar-refractivity contribution >= 4 is 5.96 Å². The summed E-state index contributed by atoms with van der Waals surface area (Å²) in [5, 5.41) is 6.66. The minimum Gasteiger partial charge on any atom is -0.493 e. The average Bonchev–Trinajstić information content (AvgIpc) is 3.34. The van der Waals surface area contributed by atoms with Crippen LogP contribution in [0.1, 0.15) is 25.3 Å². The molecule has 1 aliphatic rings. The number of methoxy groups -OCH3 is 2. The van der Waals surface area contributed by atoms with Gasteiger partial charge in [0.05, 0.1) is 20.8 Å². The number of nitrogens with zero attached hydrogens (tertiary/aromatic N) is 1. The lowest BCUT2D eigenvalue weighted by Crippen LogP contribution is -2.38. The van der Waals surface area contributed by atoms with Crippen molar-refractivity contribution in [2.75, 3.05) is 27.3 Å². The van der Waals surface area contributed by atoms with E-state index in [9.17, 15) is 0 Å². The summed E-state index contributed by atoms with van der Waals surface area (Å²) >= 11 is 0. The molecule has 0 saturated heterocycles. The lowest BCUT2D eigenvalue weighted by molar-refractivity contribution is 0.354. The predicted octanol–water partition coefficient (Wildman–Crippen LogP) is 2.17. The average molecular weight is 291 g/mol. The highest BCUT2D eigenvalue weighted by Crippen LogP contribution is 2.28. The fraction of sp³-hybridized carbons (Fsp3) is 0.562. The molecule has 0 amide bonds. The number of aliphatic imine (C=N–C) groups is 1. The van der Waals surface area contributed by atoms with Crippen molar-refractivity contribution in [1.82, 2.24) is 10.6 Å². The summed E-state index contributed by atoms with van der Waals surface area (Å²) in [6.07, 6.45) is 2.67. The molecule has 21 heavy (non-hydrogen) atoms. The van der Waals surface area contributed by atoms with Gasteiger partial charge in [0.2, 0.25) is 0 Å². The van der Waals surface area contributed by atoms with Gasteiger partial charge in [-0.3, -0.25) is 0 Å². The number of nitrogens with one attached hydrogen (secondary N) is 2. The van der Waals surface area contributed by atoms with E-state index in [0.717, 1.165) is 42.0 Å². The molecule has 0 spiro atoms. The van der Waals surface area contributed by atoms with Gasteiger partial charge in [-0.05, 0) is 43.4 Å². The SMILES string of the molecule is CCNC(=NCc1ccc(OC)c(OC)c1)NCC1CC1.